The third kappa shape index (κ3) is 2.07. The molecular formula is C14H19ClO3. The highest BCUT2D eigenvalue weighted by atomic mass is 35.5. The van der Waals surface area contributed by atoms with Crippen LogP contribution in [0.15, 0.2) is 0 Å². The largest absolute Gasteiger partial charge is 0.481 e. The Morgan fingerprint density at radius 1 is 1.06 bits per heavy atom. The Morgan fingerprint density at radius 3 is 2.00 bits per heavy atom. The third-order valence-electron chi connectivity index (χ3n) is 5.22. The fourth-order valence-corrected chi connectivity index (χ4v) is 5.13. The van der Waals surface area contributed by atoms with Gasteiger partial charge in [0.1, 0.15) is 5.38 Å². The molecule has 0 amide bonds. The van der Waals surface area contributed by atoms with E-state index in [4.69, 9.17) is 16.7 Å². The van der Waals surface area contributed by atoms with Crippen molar-refractivity contribution in [2.75, 3.05) is 0 Å². The van der Waals surface area contributed by atoms with E-state index in [1.807, 2.05) is 0 Å². The van der Waals surface area contributed by atoms with Crippen molar-refractivity contribution >= 4 is 23.4 Å². The number of carboxylic acid groups (broad SMARTS) is 1. The van der Waals surface area contributed by atoms with Gasteiger partial charge in [-0.2, -0.15) is 0 Å². The smallest absolute Gasteiger partial charge is 0.305 e. The van der Waals surface area contributed by atoms with Crippen molar-refractivity contribution in [2.24, 2.45) is 29.6 Å². The van der Waals surface area contributed by atoms with Crippen molar-refractivity contribution in [3.8, 4) is 0 Å². The van der Waals surface area contributed by atoms with Gasteiger partial charge in [0.15, 0.2) is 5.78 Å². The molecule has 1 atom stereocenters. The molecule has 4 saturated carbocycles. The number of hydrogen-bond acceptors (Lipinski definition) is 2. The zero-order valence-corrected chi connectivity index (χ0v) is 11.1. The van der Waals surface area contributed by atoms with Gasteiger partial charge in [0.2, 0.25) is 0 Å². The molecule has 4 fully saturated rings. The number of carboxylic acids is 1. The molecule has 0 aromatic heterocycles. The average molecular weight is 271 g/mol. The third-order valence-corrected chi connectivity index (χ3v) is 5.59. The number of Topliss-reactive ketones (excluding diaryl/α,β-unsaturated/α-hetero) is 1. The number of ketones is 1. The Hall–Kier alpha value is -0.570. The lowest BCUT2D eigenvalue weighted by Gasteiger charge is -2.54. The molecule has 4 aliphatic rings. The van der Waals surface area contributed by atoms with Gasteiger partial charge in [0.05, 0.1) is 6.42 Å². The maximum Gasteiger partial charge on any atom is 0.305 e. The van der Waals surface area contributed by atoms with E-state index in [1.54, 1.807) is 0 Å². The number of aliphatic carboxylic acids is 1. The van der Waals surface area contributed by atoms with Crippen LogP contribution in [0, 0.1) is 29.6 Å². The Labute approximate surface area is 112 Å². The SMILES string of the molecule is O=C(O)CC(Cl)C(=O)C1C2CC3CC(C2)CC1C3. The molecule has 0 aliphatic heterocycles. The topological polar surface area (TPSA) is 54.4 Å². The summed E-state index contributed by atoms with van der Waals surface area (Å²) in [6.45, 7) is 0. The molecule has 4 bridgehead atoms. The molecule has 100 valence electrons. The first-order valence-corrected chi connectivity index (χ1v) is 7.37. The average Bonchev–Trinajstić information content (AvgIpc) is 2.26. The van der Waals surface area contributed by atoms with Crippen molar-refractivity contribution in [1.29, 1.82) is 0 Å². The van der Waals surface area contributed by atoms with Gasteiger partial charge in [-0.15, -0.1) is 11.6 Å². The van der Waals surface area contributed by atoms with Crippen LogP contribution in [-0.2, 0) is 9.59 Å². The van der Waals surface area contributed by atoms with Gasteiger partial charge in [-0.25, -0.2) is 0 Å². The monoisotopic (exact) mass is 270 g/mol. The van der Waals surface area contributed by atoms with Crippen LogP contribution < -0.4 is 0 Å². The van der Waals surface area contributed by atoms with E-state index in [1.165, 1.54) is 32.1 Å². The zero-order chi connectivity index (χ0) is 12.9. The lowest BCUT2D eigenvalue weighted by atomic mass is 9.51. The summed E-state index contributed by atoms with van der Waals surface area (Å²) in [6, 6.07) is 0. The Kier molecular flexibility index (Phi) is 3.13. The highest BCUT2D eigenvalue weighted by molar-refractivity contribution is 6.32. The highest BCUT2D eigenvalue weighted by Gasteiger charge is 2.51. The van der Waals surface area contributed by atoms with Gasteiger partial charge >= 0.3 is 5.97 Å². The van der Waals surface area contributed by atoms with Crippen LogP contribution >= 0.6 is 11.6 Å². The van der Waals surface area contributed by atoms with Gasteiger partial charge in [-0.1, -0.05) is 0 Å². The standard InChI is InChI=1S/C14H19ClO3/c15-11(6-12(16)17)14(18)13-9-2-7-1-8(4-9)5-10(13)3-7/h7-11,13H,1-6H2,(H,16,17). The van der Waals surface area contributed by atoms with E-state index in [-0.39, 0.29) is 18.1 Å². The van der Waals surface area contributed by atoms with Crippen LogP contribution in [0.5, 0.6) is 0 Å². The van der Waals surface area contributed by atoms with Crippen molar-refractivity contribution in [3.05, 3.63) is 0 Å². The van der Waals surface area contributed by atoms with E-state index < -0.39 is 11.3 Å². The van der Waals surface area contributed by atoms with Crippen LogP contribution in [0.1, 0.15) is 38.5 Å². The molecule has 18 heavy (non-hydrogen) atoms. The Balaban J connectivity index is 1.72. The van der Waals surface area contributed by atoms with Gasteiger partial charge in [-0.05, 0) is 55.8 Å². The minimum atomic E-state index is -0.979. The predicted molar refractivity (Wildman–Crippen MR) is 67.4 cm³/mol. The summed E-state index contributed by atoms with van der Waals surface area (Å²) in [5.41, 5.74) is 0. The molecule has 0 saturated heterocycles. The normalized spacial score (nSPS) is 42.8. The zero-order valence-electron chi connectivity index (χ0n) is 10.3. The van der Waals surface area contributed by atoms with E-state index in [0.717, 1.165) is 11.8 Å². The highest BCUT2D eigenvalue weighted by Crippen LogP contribution is 2.57. The molecule has 4 heteroatoms. The summed E-state index contributed by atoms with van der Waals surface area (Å²) in [7, 11) is 0. The van der Waals surface area contributed by atoms with Gasteiger partial charge in [0.25, 0.3) is 0 Å². The van der Waals surface area contributed by atoms with E-state index >= 15 is 0 Å². The summed E-state index contributed by atoms with van der Waals surface area (Å²) in [6.07, 6.45) is 5.79. The number of carbonyl (C=O) groups is 2. The molecule has 4 rings (SSSR count). The predicted octanol–water partition coefficient (Wildman–Crippen LogP) is 2.71. The van der Waals surface area contributed by atoms with Crippen molar-refractivity contribution in [1.82, 2.24) is 0 Å². The van der Waals surface area contributed by atoms with Gasteiger partial charge < -0.3 is 5.11 Å². The van der Waals surface area contributed by atoms with Crippen LogP contribution in [0.4, 0.5) is 0 Å². The maximum atomic E-state index is 12.4. The first-order chi connectivity index (χ1) is 8.54. The fraction of sp³-hybridized carbons (Fsp3) is 0.857. The number of hydrogen-bond donors (Lipinski definition) is 1. The molecule has 1 N–H and O–H groups in total. The molecule has 0 aromatic carbocycles. The summed E-state index contributed by atoms with van der Waals surface area (Å²) in [5, 5.41) is 7.92. The van der Waals surface area contributed by atoms with Crippen LogP contribution in [-0.4, -0.2) is 22.2 Å². The molecular weight excluding hydrogens is 252 g/mol. The van der Waals surface area contributed by atoms with Crippen molar-refractivity contribution in [2.45, 2.75) is 43.9 Å². The summed E-state index contributed by atoms with van der Waals surface area (Å²) < 4.78 is 0. The molecule has 3 nitrogen and oxygen atoms in total. The van der Waals surface area contributed by atoms with Crippen LogP contribution in [0.3, 0.4) is 0 Å². The lowest BCUT2D eigenvalue weighted by Crippen LogP contribution is -2.49. The fourth-order valence-electron chi connectivity index (χ4n) is 4.85. The second-order valence-corrected chi connectivity index (χ2v) is 6.95. The molecule has 4 aliphatic carbocycles. The number of halogens is 1. The summed E-state index contributed by atoms with van der Waals surface area (Å²) in [5.74, 6) is 1.71. The Bertz CT molecular complexity index is 351. The molecule has 1 unspecified atom stereocenters. The number of carbonyl (C=O) groups excluding carboxylic acids is 1. The molecule has 0 aromatic rings. The van der Waals surface area contributed by atoms with Crippen molar-refractivity contribution < 1.29 is 14.7 Å². The van der Waals surface area contributed by atoms with Crippen molar-refractivity contribution in [3.63, 3.8) is 0 Å². The summed E-state index contributed by atoms with van der Waals surface area (Å²) in [4.78, 5) is 23.0. The van der Waals surface area contributed by atoms with E-state index in [2.05, 4.69) is 0 Å². The van der Waals surface area contributed by atoms with Crippen LogP contribution in [0.2, 0.25) is 0 Å². The molecule has 0 radical (unpaired) electrons. The van der Waals surface area contributed by atoms with E-state index in [9.17, 15) is 9.59 Å². The second-order valence-electron chi connectivity index (χ2n) is 6.42. The van der Waals surface area contributed by atoms with Gasteiger partial charge in [-0.3, -0.25) is 9.59 Å². The maximum absolute atomic E-state index is 12.4. The molecule has 0 heterocycles. The minimum Gasteiger partial charge on any atom is -0.481 e. The quantitative estimate of drug-likeness (QED) is 0.799. The second kappa shape index (κ2) is 4.52. The Morgan fingerprint density at radius 2 is 1.56 bits per heavy atom. The van der Waals surface area contributed by atoms with Gasteiger partial charge in [0, 0.05) is 5.92 Å². The first kappa shape index (κ1) is 12.5. The minimum absolute atomic E-state index is 0.00728. The first-order valence-electron chi connectivity index (χ1n) is 6.94. The summed E-state index contributed by atoms with van der Waals surface area (Å²) >= 11 is 5.99. The van der Waals surface area contributed by atoms with E-state index in [0.29, 0.717) is 11.8 Å². The molecule has 0 spiro atoms. The van der Waals surface area contributed by atoms with Crippen LogP contribution in [0.25, 0.3) is 0 Å². The number of rotatable bonds is 4. The number of alkyl halides is 1. The lowest BCUT2D eigenvalue weighted by molar-refractivity contribution is -0.142.